The van der Waals surface area contributed by atoms with Gasteiger partial charge in [-0.25, -0.2) is 12.8 Å². The molecule has 2 amide bonds. The smallest absolute Gasteiger partial charge is 0.264 e. The number of halogens is 3. The van der Waals surface area contributed by atoms with Crippen molar-refractivity contribution >= 4 is 50.7 Å². The van der Waals surface area contributed by atoms with Crippen LogP contribution in [-0.4, -0.2) is 50.4 Å². The third-order valence-electron chi connectivity index (χ3n) is 6.67. The van der Waals surface area contributed by atoms with Crippen LogP contribution in [0.1, 0.15) is 39.7 Å². The summed E-state index contributed by atoms with van der Waals surface area (Å²) in [5, 5.41) is 3.43. The molecule has 3 aromatic carbocycles. The molecule has 12 heteroatoms. The minimum Gasteiger partial charge on any atom is -0.494 e. The summed E-state index contributed by atoms with van der Waals surface area (Å²) >= 11 is 12.8. The zero-order chi connectivity index (χ0) is 31.0. The molecule has 226 valence electrons. The minimum absolute atomic E-state index is 0.0612. The summed E-state index contributed by atoms with van der Waals surface area (Å²) in [4.78, 5) is 28.3. The minimum atomic E-state index is -4.33. The third-order valence-corrected chi connectivity index (χ3v) is 9.17. The van der Waals surface area contributed by atoms with E-state index in [1.165, 1.54) is 41.3 Å². The van der Waals surface area contributed by atoms with Gasteiger partial charge in [-0.2, -0.15) is 0 Å². The fourth-order valence-electron chi connectivity index (χ4n) is 4.04. The molecule has 42 heavy (non-hydrogen) atoms. The summed E-state index contributed by atoms with van der Waals surface area (Å²) in [7, 11) is -4.33. The van der Waals surface area contributed by atoms with E-state index in [1.807, 2.05) is 13.8 Å². The molecule has 3 aromatic rings. The monoisotopic (exact) mass is 637 g/mol. The van der Waals surface area contributed by atoms with E-state index in [-0.39, 0.29) is 33.2 Å². The molecular weight excluding hydrogens is 604 g/mol. The summed E-state index contributed by atoms with van der Waals surface area (Å²) in [5.41, 5.74) is 0.464. The van der Waals surface area contributed by atoms with E-state index in [4.69, 9.17) is 27.9 Å². The molecule has 0 aliphatic carbocycles. The van der Waals surface area contributed by atoms with E-state index in [0.717, 1.165) is 16.4 Å². The highest BCUT2D eigenvalue weighted by atomic mass is 35.5. The van der Waals surface area contributed by atoms with Crippen molar-refractivity contribution in [2.45, 2.75) is 57.6 Å². The van der Waals surface area contributed by atoms with Gasteiger partial charge in [0, 0.05) is 28.2 Å². The lowest BCUT2D eigenvalue weighted by Gasteiger charge is -2.32. The first kappa shape index (κ1) is 33.2. The fourth-order valence-corrected chi connectivity index (χ4v) is 5.97. The lowest BCUT2D eigenvalue weighted by molar-refractivity contribution is -0.139. The van der Waals surface area contributed by atoms with E-state index in [9.17, 15) is 22.4 Å². The van der Waals surface area contributed by atoms with Crippen molar-refractivity contribution in [1.29, 1.82) is 0 Å². The van der Waals surface area contributed by atoms with Crippen LogP contribution >= 0.6 is 23.2 Å². The average molecular weight is 639 g/mol. The Balaban J connectivity index is 2.05. The van der Waals surface area contributed by atoms with Gasteiger partial charge >= 0.3 is 0 Å². The first-order valence-electron chi connectivity index (χ1n) is 13.4. The maximum atomic E-state index is 14.0. The molecule has 3 rings (SSSR count). The molecule has 0 aromatic heterocycles. The van der Waals surface area contributed by atoms with Gasteiger partial charge < -0.3 is 15.0 Å². The Morgan fingerprint density at radius 1 is 0.952 bits per heavy atom. The molecule has 0 bridgehead atoms. The van der Waals surface area contributed by atoms with Gasteiger partial charge in [-0.15, -0.1) is 0 Å². The number of amides is 2. The molecule has 0 unspecified atom stereocenters. The predicted molar refractivity (Wildman–Crippen MR) is 163 cm³/mol. The first-order valence-corrected chi connectivity index (χ1v) is 15.6. The summed E-state index contributed by atoms with van der Waals surface area (Å²) in [6.07, 6.45) is 0.668. The number of carbonyl (C=O) groups excluding carboxylic acids is 2. The Labute approximate surface area is 256 Å². The Hall–Kier alpha value is -3.34. The molecule has 0 aliphatic heterocycles. The van der Waals surface area contributed by atoms with Crippen molar-refractivity contribution < 1.29 is 27.1 Å². The van der Waals surface area contributed by atoms with Gasteiger partial charge in [-0.3, -0.25) is 13.9 Å². The molecule has 0 heterocycles. The summed E-state index contributed by atoms with van der Waals surface area (Å²) in [6, 6.07) is 14.2. The maximum absolute atomic E-state index is 14.0. The molecule has 0 saturated heterocycles. The van der Waals surface area contributed by atoms with Crippen LogP contribution in [0.5, 0.6) is 5.75 Å². The molecular formula is C30H34Cl2FN3O5S. The predicted octanol–water partition coefficient (Wildman–Crippen LogP) is 6.06. The summed E-state index contributed by atoms with van der Waals surface area (Å²) < 4.78 is 47.9. The number of nitrogens with one attached hydrogen (secondary N) is 1. The van der Waals surface area contributed by atoms with E-state index in [0.29, 0.717) is 24.3 Å². The molecule has 0 spiro atoms. The molecule has 0 fully saturated rings. The number of benzene rings is 3. The van der Waals surface area contributed by atoms with Crippen molar-refractivity contribution in [2.75, 3.05) is 17.5 Å². The Morgan fingerprint density at radius 2 is 1.55 bits per heavy atom. The van der Waals surface area contributed by atoms with Gasteiger partial charge in [-0.05, 0) is 87.9 Å². The number of hydrogen-bond donors (Lipinski definition) is 1. The van der Waals surface area contributed by atoms with Gasteiger partial charge in [0.15, 0.2) is 0 Å². The van der Waals surface area contributed by atoms with E-state index >= 15 is 0 Å². The fraction of sp³-hybridized carbons (Fsp3) is 0.333. The number of hydrogen-bond acceptors (Lipinski definition) is 5. The standard InChI is InChI=1S/C30H34Cl2FN3O5S/c1-5-20(3)34-30(38)21(4)35(18-26-27(31)8-7-9-28(26)32)29(37)19-36(23-12-10-22(33)11-13-23)42(39,40)25-16-14-24(15-17-25)41-6-2/h7-17,20-21H,5-6,18-19H2,1-4H3,(H,34,38)/t20-,21+/m0/s1. The quantitative estimate of drug-likeness (QED) is 0.246. The van der Waals surface area contributed by atoms with Crippen molar-refractivity contribution in [3.63, 3.8) is 0 Å². The van der Waals surface area contributed by atoms with Crippen LogP contribution in [0.2, 0.25) is 10.0 Å². The highest BCUT2D eigenvalue weighted by Gasteiger charge is 2.33. The van der Waals surface area contributed by atoms with Crippen LogP contribution in [-0.2, 0) is 26.2 Å². The third kappa shape index (κ3) is 8.14. The van der Waals surface area contributed by atoms with Gasteiger partial charge in [0.1, 0.15) is 24.2 Å². The number of ether oxygens (including phenoxy) is 1. The zero-order valence-electron chi connectivity index (χ0n) is 23.8. The van der Waals surface area contributed by atoms with E-state index in [1.54, 1.807) is 32.0 Å². The maximum Gasteiger partial charge on any atom is 0.264 e. The Kier molecular flexibility index (Phi) is 11.6. The SMILES string of the molecule is CCOc1ccc(S(=O)(=O)N(CC(=O)N(Cc2c(Cl)cccc2Cl)[C@H](C)C(=O)N[C@@H](C)CC)c2ccc(F)cc2)cc1. The average Bonchev–Trinajstić information content (AvgIpc) is 2.96. The number of rotatable bonds is 13. The molecule has 8 nitrogen and oxygen atoms in total. The van der Waals surface area contributed by atoms with E-state index in [2.05, 4.69) is 5.32 Å². The Bertz CT molecular complexity index is 1470. The largest absolute Gasteiger partial charge is 0.494 e. The highest BCUT2D eigenvalue weighted by molar-refractivity contribution is 7.92. The van der Waals surface area contributed by atoms with E-state index < -0.39 is 40.2 Å². The summed E-state index contributed by atoms with van der Waals surface area (Å²) in [6.45, 7) is 6.64. The highest BCUT2D eigenvalue weighted by Crippen LogP contribution is 2.29. The lowest BCUT2D eigenvalue weighted by atomic mass is 10.1. The van der Waals surface area contributed by atoms with Crippen molar-refractivity contribution in [2.24, 2.45) is 0 Å². The lowest BCUT2D eigenvalue weighted by Crippen LogP contribution is -2.52. The molecule has 0 saturated carbocycles. The van der Waals surface area contributed by atoms with Crippen LogP contribution < -0.4 is 14.4 Å². The molecule has 0 aliphatic rings. The Morgan fingerprint density at radius 3 is 2.10 bits per heavy atom. The molecule has 1 N–H and O–H groups in total. The van der Waals surface area contributed by atoms with Crippen molar-refractivity contribution in [3.8, 4) is 5.75 Å². The first-order chi connectivity index (χ1) is 19.9. The number of carbonyl (C=O) groups is 2. The normalized spacial score (nSPS) is 12.7. The van der Waals surface area contributed by atoms with Crippen LogP contribution in [0.4, 0.5) is 10.1 Å². The zero-order valence-corrected chi connectivity index (χ0v) is 26.1. The topological polar surface area (TPSA) is 96.0 Å². The van der Waals surface area contributed by atoms with Crippen LogP contribution in [0.3, 0.4) is 0 Å². The van der Waals surface area contributed by atoms with Crippen molar-refractivity contribution in [3.05, 3.63) is 88.2 Å². The molecule has 2 atom stereocenters. The second-order valence-electron chi connectivity index (χ2n) is 9.61. The van der Waals surface area contributed by atoms with Crippen molar-refractivity contribution in [1.82, 2.24) is 10.2 Å². The van der Waals surface area contributed by atoms with Gasteiger partial charge in [0.25, 0.3) is 10.0 Å². The second-order valence-corrected chi connectivity index (χ2v) is 12.3. The second kappa shape index (κ2) is 14.7. The van der Waals surface area contributed by atoms with Gasteiger partial charge in [0.2, 0.25) is 11.8 Å². The van der Waals surface area contributed by atoms with Gasteiger partial charge in [-0.1, -0.05) is 36.2 Å². The molecule has 0 radical (unpaired) electrons. The van der Waals surface area contributed by atoms with Crippen LogP contribution in [0, 0.1) is 5.82 Å². The summed E-state index contributed by atoms with van der Waals surface area (Å²) in [5.74, 6) is -1.22. The number of sulfonamides is 1. The van der Waals surface area contributed by atoms with Crippen LogP contribution in [0.25, 0.3) is 0 Å². The van der Waals surface area contributed by atoms with Crippen LogP contribution in [0.15, 0.2) is 71.6 Å². The number of nitrogens with zero attached hydrogens (tertiary/aromatic N) is 2. The number of anilines is 1. The van der Waals surface area contributed by atoms with Gasteiger partial charge in [0.05, 0.1) is 17.2 Å².